The number of hydrogen-bond acceptors (Lipinski definition) is 3. The number of ether oxygens (including phenoxy) is 1. The zero-order valence-electron chi connectivity index (χ0n) is 12.9. The molecule has 1 aromatic carbocycles. The quantitative estimate of drug-likeness (QED) is 0.272. The van der Waals surface area contributed by atoms with E-state index >= 15 is 0 Å². The molecule has 1 heterocycles. The third-order valence-electron chi connectivity index (χ3n) is 3.42. The van der Waals surface area contributed by atoms with Crippen LogP contribution in [0.3, 0.4) is 0 Å². The average molecular weight is 501 g/mol. The monoisotopic (exact) mass is 500 g/mol. The molecule has 0 aliphatic carbocycles. The molecule has 0 amide bonds. The van der Waals surface area contributed by atoms with E-state index in [9.17, 15) is 4.39 Å². The highest BCUT2D eigenvalue weighted by Crippen LogP contribution is 2.15. The van der Waals surface area contributed by atoms with Crippen molar-refractivity contribution < 1.29 is 9.13 Å². The summed E-state index contributed by atoms with van der Waals surface area (Å²) in [5, 5.41) is 3.09. The molecular weight excluding hydrogens is 478 g/mol. The normalized spacial score (nSPS) is 16.0. The molecule has 130 valence electrons. The Morgan fingerprint density at radius 1 is 1.35 bits per heavy atom. The van der Waals surface area contributed by atoms with Gasteiger partial charge in [-0.1, -0.05) is 15.9 Å². The lowest BCUT2D eigenvalue weighted by atomic mass is 10.2. The number of benzene rings is 1. The smallest absolute Gasteiger partial charge is 0.188 e. The molecule has 1 saturated heterocycles. The minimum absolute atomic E-state index is 0. The second-order valence-corrected chi connectivity index (χ2v) is 6.13. The average Bonchev–Trinajstić information content (AvgIpc) is 2.50. The van der Waals surface area contributed by atoms with E-state index in [1.807, 2.05) is 6.07 Å². The van der Waals surface area contributed by atoms with Crippen molar-refractivity contribution in [2.24, 2.45) is 10.7 Å². The van der Waals surface area contributed by atoms with Gasteiger partial charge in [0.25, 0.3) is 0 Å². The van der Waals surface area contributed by atoms with Crippen LogP contribution >= 0.6 is 39.9 Å². The van der Waals surface area contributed by atoms with E-state index in [4.69, 9.17) is 10.5 Å². The molecule has 8 heteroatoms. The van der Waals surface area contributed by atoms with Gasteiger partial charge in [0.1, 0.15) is 5.82 Å². The van der Waals surface area contributed by atoms with Gasteiger partial charge in [0, 0.05) is 24.1 Å². The fourth-order valence-electron chi connectivity index (χ4n) is 2.28. The van der Waals surface area contributed by atoms with Crippen molar-refractivity contribution in [2.75, 3.05) is 39.4 Å². The zero-order chi connectivity index (χ0) is 15.8. The summed E-state index contributed by atoms with van der Waals surface area (Å²) in [5.41, 5.74) is 6.60. The highest BCUT2D eigenvalue weighted by atomic mass is 127. The molecule has 1 fully saturated rings. The van der Waals surface area contributed by atoms with Crippen molar-refractivity contribution in [1.29, 1.82) is 0 Å². The van der Waals surface area contributed by atoms with E-state index in [-0.39, 0.29) is 29.8 Å². The second-order valence-electron chi connectivity index (χ2n) is 5.21. The fraction of sp³-hybridized carbons (Fsp3) is 0.533. The van der Waals surface area contributed by atoms with Crippen LogP contribution in [0.25, 0.3) is 0 Å². The number of aliphatic imine (C=N–C) groups is 1. The molecule has 0 spiro atoms. The Kier molecular flexibility index (Phi) is 10.00. The molecule has 3 N–H and O–H groups in total. The Morgan fingerprint density at radius 3 is 2.78 bits per heavy atom. The van der Waals surface area contributed by atoms with Crippen molar-refractivity contribution >= 4 is 45.9 Å². The van der Waals surface area contributed by atoms with Gasteiger partial charge in [-0.15, -0.1) is 24.0 Å². The van der Waals surface area contributed by atoms with Crippen molar-refractivity contribution in [1.82, 2.24) is 10.2 Å². The van der Waals surface area contributed by atoms with Crippen LogP contribution < -0.4 is 11.1 Å². The predicted octanol–water partition coefficient (Wildman–Crippen LogP) is 2.33. The molecule has 1 aliphatic rings. The van der Waals surface area contributed by atoms with E-state index in [0.29, 0.717) is 17.0 Å². The number of nitrogens with zero attached hydrogens (tertiary/aromatic N) is 2. The summed E-state index contributed by atoms with van der Waals surface area (Å²) in [7, 11) is 0. The van der Waals surface area contributed by atoms with Crippen LogP contribution in [0.4, 0.5) is 4.39 Å². The Balaban J connectivity index is 0.00000264. The lowest BCUT2D eigenvalue weighted by Gasteiger charge is -2.26. The van der Waals surface area contributed by atoms with Gasteiger partial charge in [-0.3, -0.25) is 4.90 Å². The van der Waals surface area contributed by atoms with Crippen molar-refractivity contribution in [3.8, 4) is 0 Å². The van der Waals surface area contributed by atoms with Gasteiger partial charge >= 0.3 is 0 Å². The third-order valence-corrected chi connectivity index (χ3v) is 3.87. The first-order chi connectivity index (χ1) is 10.6. The highest BCUT2D eigenvalue weighted by molar-refractivity contribution is 14.0. The Morgan fingerprint density at radius 2 is 2.09 bits per heavy atom. The molecule has 0 atom stereocenters. The summed E-state index contributed by atoms with van der Waals surface area (Å²) in [6.45, 7) is 5.80. The topological polar surface area (TPSA) is 62.9 Å². The Labute approximate surface area is 162 Å². The standard InChI is InChI=1S/C15H22BrFN4O.HI/c16-13-8-12(9-14(17)10-13)11-20-15(18)19-2-1-3-21-4-6-22-7-5-21;/h8-10H,1-7,11H2,(H3,18,19,20);1H. The number of guanidine groups is 1. The highest BCUT2D eigenvalue weighted by Gasteiger charge is 2.08. The molecule has 0 unspecified atom stereocenters. The van der Waals surface area contributed by atoms with Gasteiger partial charge < -0.3 is 15.8 Å². The summed E-state index contributed by atoms with van der Waals surface area (Å²) in [5.74, 6) is 0.110. The first-order valence-corrected chi connectivity index (χ1v) is 8.21. The molecule has 2 rings (SSSR count). The van der Waals surface area contributed by atoms with Crippen LogP contribution in [0.1, 0.15) is 12.0 Å². The maximum absolute atomic E-state index is 13.2. The molecule has 5 nitrogen and oxygen atoms in total. The van der Waals surface area contributed by atoms with Gasteiger partial charge in [-0.2, -0.15) is 0 Å². The summed E-state index contributed by atoms with van der Waals surface area (Å²) in [6, 6.07) is 4.71. The number of morpholine rings is 1. The molecule has 1 aromatic rings. The van der Waals surface area contributed by atoms with Crippen LogP contribution in [0.5, 0.6) is 0 Å². The van der Waals surface area contributed by atoms with Crippen LogP contribution in [0, 0.1) is 5.82 Å². The third kappa shape index (κ3) is 8.27. The number of nitrogens with two attached hydrogens (primary N) is 1. The SMILES string of the molecule is I.NC(=NCc1cc(F)cc(Br)c1)NCCCN1CCOCC1. The maximum Gasteiger partial charge on any atom is 0.188 e. The van der Waals surface area contributed by atoms with Gasteiger partial charge in [-0.05, 0) is 36.7 Å². The van der Waals surface area contributed by atoms with E-state index < -0.39 is 0 Å². The molecular formula is C15H23BrFIN4O. The number of rotatable bonds is 6. The van der Waals surface area contributed by atoms with Crippen molar-refractivity contribution in [3.63, 3.8) is 0 Å². The zero-order valence-corrected chi connectivity index (χ0v) is 16.8. The van der Waals surface area contributed by atoms with Crippen molar-refractivity contribution in [2.45, 2.75) is 13.0 Å². The summed E-state index contributed by atoms with van der Waals surface area (Å²) < 4.78 is 19.3. The Hall–Kier alpha value is -0.450. The minimum Gasteiger partial charge on any atom is -0.379 e. The summed E-state index contributed by atoms with van der Waals surface area (Å²) in [6.07, 6.45) is 1.00. The van der Waals surface area contributed by atoms with Gasteiger partial charge in [0.15, 0.2) is 5.96 Å². The largest absolute Gasteiger partial charge is 0.379 e. The second kappa shape index (κ2) is 11.2. The van der Waals surface area contributed by atoms with Crippen LogP contribution in [-0.2, 0) is 11.3 Å². The molecule has 0 saturated carbocycles. The summed E-state index contributed by atoms with van der Waals surface area (Å²) in [4.78, 5) is 6.60. The first kappa shape index (κ1) is 20.6. The molecule has 1 aliphatic heterocycles. The maximum atomic E-state index is 13.2. The van der Waals surface area contributed by atoms with Gasteiger partial charge in [0.05, 0.1) is 19.8 Å². The summed E-state index contributed by atoms with van der Waals surface area (Å²) >= 11 is 3.26. The molecule has 23 heavy (non-hydrogen) atoms. The van der Waals surface area contributed by atoms with E-state index in [1.165, 1.54) is 12.1 Å². The lowest BCUT2D eigenvalue weighted by molar-refractivity contribution is 0.0376. The number of halogens is 3. The first-order valence-electron chi connectivity index (χ1n) is 7.42. The minimum atomic E-state index is -0.281. The van der Waals surface area contributed by atoms with Crippen LogP contribution in [0.2, 0.25) is 0 Å². The predicted molar refractivity (Wildman–Crippen MR) is 105 cm³/mol. The van der Waals surface area contributed by atoms with Crippen LogP contribution in [0.15, 0.2) is 27.7 Å². The van der Waals surface area contributed by atoms with E-state index in [2.05, 4.69) is 31.1 Å². The van der Waals surface area contributed by atoms with E-state index in [0.717, 1.165) is 51.4 Å². The van der Waals surface area contributed by atoms with Crippen LogP contribution in [-0.4, -0.2) is 50.3 Å². The molecule has 0 bridgehead atoms. The van der Waals surface area contributed by atoms with E-state index in [1.54, 1.807) is 0 Å². The number of nitrogens with one attached hydrogen (secondary N) is 1. The number of hydrogen-bond donors (Lipinski definition) is 2. The fourth-order valence-corrected chi connectivity index (χ4v) is 2.79. The van der Waals surface area contributed by atoms with Gasteiger partial charge in [0.2, 0.25) is 0 Å². The lowest BCUT2D eigenvalue weighted by Crippen LogP contribution is -2.39. The molecule has 0 aromatic heterocycles. The molecule has 0 radical (unpaired) electrons. The van der Waals surface area contributed by atoms with Gasteiger partial charge in [-0.25, -0.2) is 9.38 Å². The van der Waals surface area contributed by atoms with Crippen molar-refractivity contribution in [3.05, 3.63) is 34.1 Å². The Bertz CT molecular complexity index is 492.